The summed E-state index contributed by atoms with van der Waals surface area (Å²) in [5.41, 5.74) is 6.75. The fourth-order valence-electron chi connectivity index (χ4n) is 2.04. The Morgan fingerprint density at radius 3 is 2.67 bits per heavy atom. The van der Waals surface area contributed by atoms with E-state index in [4.69, 9.17) is 27.3 Å². The van der Waals surface area contributed by atoms with E-state index in [1.165, 1.54) is 12.1 Å². The number of nitrogens with zero attached hydrogens (tertiary/aromatic N) is 2. The van der Waals surface area contributed by atoms with Gasteiger partial charge in [-0.3, -0.25) is 4.79 Å². The molecule has 0 saturated heterocycles. The first kappa shape index (κ1) is 20.1. The molecule has 7 nitrogen and oxygen atoms in total. The molecule has 0 aliphatic rings. The summed E-state index contributed by atoms with van der Waals surface area (Å²) in [6, 6.07) is 2.97. The number of nitrogen functional groups attached to an aromatic ring is 1. The van der Waals surface area contributed by atoms with Gasteiger partial charge in [0.15, 0.2) is 0 Å². The Hall–Kier alpha value is -1.99. The minimum atomic E-state index is -0.294. The predicted octanol–water partition coefficient (Wildman–Crippen LogP) is 2.22. The van der Waals surface area contributed by atoms with Crippen LogP contribution in [0.25, 0.3) is 0 Å². The lowest BCUT2D eigenvalue weighted by molar-refractivity contribution is 0.0945. The van der Waals surface area contributed by atoms with Crippen LogP contribution in [0.3, 0.4) is 0 Å². The highest BCUT2D eigenvalue weighted by atomic mass is 35.5. The number of benzene rings is 1. The third kappa shape index (κ3) is 5.90. The topological polar surface area (TPSA) is 100 Å². The van der Waals surface area contributed by atoms with Gasteiger partial charge < -0.3 is 25.9 Å². The highest BCUT2D eigenvalue weighted by Crippen LogP contribution is 2.29. The van der Waals surface area contributed by atoms with Gasteiger partial charge in [-0.25, -0.2) is 0 Å². The molecule has 0 fully saturated rings. The van der Waals surface area contributed by atoms with Crippen molar-refractivity contribution in [2.75, 3.05) is 38.5 Å². The van der Waals surface area contributed by atoms with E-state index in [0.29, 0.717) is 29.3 Å². The van der Waals surface area contributed by atoms with Gasteiger partial charge in [0, 0.05) is 19.2 Å². The number of rotatable bonds is 9. The van der Waals surface area contributed by atoms with Crippen LogP contribution in [0.4, 0.5) is 5.69 Å². The van der Waals surface area contributed by atoms with E-state index in [9.17, 15) is 4.79 Å². The minimum absolute atomic E-state index is 0.0390. The van der Waals surface area contributed by atoms with Gasteiger partial charge in [-0.2, -0.15) is 0 Å². The zero-order valence-electron chi connectivity index (χ0n) is 14.3. The molecule has 24 heavy (non-hydrogen) atoms. The number of nitrogens with one attached hydrogen (secondary N) is 1. The standard InChI is InChI=1S/C16H25ClN4O3/c1-4-21(5-2)7-6-19-16(22)12-8-13(17)14(18)9-15(12)24-10-11(3)20-23/h8-9,23H,4-7,10,18H2,1-3H3,(H,19,22)/b20-11+. The van der Waals surface area contributed by atoms with Gasteiger partial charge in [-0.15, -0.1) is 0 Å². The molecule has 1 rings (SSSR count). The first-order valence-electron chi connectivity index (χ1n) is 7.82. The number of oxime groups is 1. The second kappa shape index (κ2) is 10.00. The summed E-state index contributed by atoms with van der Waals surface area (Å²) in [6.45, 7) is 8.90. The second-order valence-corrected chi connectivity index (χ2v) is 5.68. The SMILES string of the molecule is CCN(CC)CCNC(=O)c1cc(Cl)c(N)cc1OC/C(C)=N/O. The van der Waals surface area contributed by atoms with Crippen LogP contribution in [0, 0.1) is 0 Å². The Kier molecular flexibility index (Phi) is 8.35. The monoisotopic (exact) mass is 356 g/mol. The molecule has 0 aliphatic carbocycles. The largest absolute Gasteiger partial charge is 0.487 e. The molecule has 0 bridgehead atoms. The van der Waals surface area contributed by atoms with Crippen LogP contribution >= 0.6 is 11.6 Å². The molecule has 8 heteroatoms. The third-order valence-corrected chi connectivity index (χ3v) is 3.89. The smallest absolute Gasteiger partial charge is 0.255 e. The summed E-state index contributed by atoms with van der Waals surface area (Å²) in [7, 11) is 0. The number of carbonyl (C=O) groups excluding carboxylic acids is 1. The van der Waals surface area contributed by atoms with Crippen molar-refractivity contribution in [2.24, 2.45) is 5.16 Å². The molecule has 4 N–H and O–H groups in total. The van der Waals surface area contributed by atoms with Crippen molar-refractivity contribution < 1.29 is 14.7 Å². The van der Waals surface area contributed by atoms with Crippen LogP contribution in [0.1, 0.15) is 31.1 Å². The Bertz CT molecular complexity index is 589. The second-order valence-electron chi connectivity index (χ2n) is 5.28. The van der Waals surface area contributed by atoms with E-state index in [2.05, 4.69) is 29.2 Å². The Morgan fingerprint density at radius 1 is 1.42 bits per heavy atom. The van der Waals surface area contributed by atoms with Gasteiger partial charge in [-0.1, -0.05) is 30.6 Å². The molecule has 0 aliphatic heterocycles. The zero-order valence-corrected chi connectivity index (χ0v) is 15.1. The van der Waals surface area contributed by atoms with Crippen LogP contribution in [-0.4, -0.2) is 54.5 Å². The Balaban J connectivity index is 2.83. The summed E-state index contributed by atoms with van der Waals surface area (Å²) in [4.78, 5) is 14.6. The molecule has 0 heterocycles. The van der Waals surface area contributed by atoms with Gasteiger partial charge in [-0.05, 0) is 26.1 Å². The van der Waals surface area contributed by atoms with Crippen LogP contribution in [0.5, 0.6) is 5.75 Å². The number of nitrogens with two attached hydrogens (primary N) is 1. The lowest BCUT2D eigenvalue weighted by Crippen LogP contribution is -2.35. The molecule has 134 valence electrons. The van der Waals surface area contributed by atoms with Gasteiger partial charge in [0.2, 0.25) is 0 Å². The molecular weight excluding hydrogens is 332 g/mol. The lowest BCUT2D eigenvalue weighted by atomic mass is 10.1. The molecular formula is C16H25ClN4O3. The molecule has 0 aromatic heterocycles. The van der Waals surface area contributed by atoms with Crippen LogP contribution in [0.2, 0.25) is 5.02 Å². The Labute approximate surface area is 147 Å². The van der Waals surface area contributed by atoms with Gasteiger partial charge in [0.25, 0.3) is 5.91 Å². The van der Waals surface area contributed by atoms with E-state index in [0.717, 1.165) is 19.6 Å². The maximum Gasteiger partial charge on any atom is 0.255 e. The summed E-state index contributed by atoms with van der Waals surface area (Å²) >= 11 is 6.02. The third-order valence-electron chi connectivity index (χ3n) is 3.56. The van der Waals surface area contributed by atoms with Crippen molar-refractivity contribution in [3.63, 3.8) is 0 Å². The van der Waals surface area contributed by atoms with Crippen molar-refractivity contribution in [3.05, 3.63) is 22.7 Å². The summed E-state index contributed by atoms with van der Waals surface area (Å²) in [5, 5.41) is 14.8. The summed E-state index contributed by atoms with van der Waals surface area (Å²) < 4.78 is 5.52. The first-order valence-corrected chi connectivity index (χ1v) is 8.20. The van der Waals surface area contributed by atoms with Crippen LogP contribution < -0.4 is 15.8 Å². The Morgan fingerprint density at radius 2 is 2.08 bits per heavy atom. The number of carbonyl (C=O) groups is 1. The van der Waals surface area contributed by atoms with Crippen molar-refractivity contribution in [1.29, 1.82) is 0 Å². The normalized spacial score (nSPS) is 11.6. The minimum Gasteiger partial charge on any atom is -0.487 e. The van der Waals surface area contributed by atoms with Gasteiger partial charge >= 0.3 is 0 Å². The average molecular weight is 357 g/mol. The van der Waals surface area contributed by atoms with Crippen molar-refractivity contribution in [2.45, 2.75) is 20.8 Å². The van der Waals surface area contributed by atoms with Crippen LogP contribution in [-0.2, 0) is 0 Å². The molecule has 0 unspecified atom stereocenters. The molecule has 0 atom stereocenters. The molecule has 0 saturated carbocycles. The van der Waals surface area contributed by atoms with E-state index >= 15 is 0 Å². The fourth-order valence-corrected chi connectivity index (χ4v) is 2.20. The molecule has 0 spiro atoms. The lowest BCUT2D eigenvalue weighted by Gasteiger charge is -2.18. The number of anilines is 1. The molecule has 1 aromatic rings. The van der Waals surface area contributed by atoms with E-state index in [1.807, 2.05) is 0 Å². The van der Waals surface area contributed by atoms with Crippen LogP contribution in [0.15, 0.2) is 17.3 Å². The molecule has 1 aromatic carbocycles. The van der Waals surface area contributed by atoms with Crippen molar-refractivity contribution in [1.82, 2.24) is 10.2 Å². The number of halogens is 1. The molecule has 0 radical (unpaired) electrons. The highest BCUT2D eigenvalue weighted by molar-refractivity contribution is 6.33. The predicted molar refractivity (Wildman–Crippen MR) is 96.4 cm³/mol. The number of likely N-dealkylation sites (N-methyl/N-ethyl adjacent to an activating group) is 1. The highest BCUT2D eigenvalue weighted by Gasteiger charge is 2.16. The van der Waals surface area contributed by atoms with Gasteiger partial charge in [0.05, 0.1) is 22.0 Å². The summed E-state index contributed by atoms with van der Waals surface area (Å²) in [5.74, 6) is -0.00196. The van der Waals surface area contributed by atoms with E-state index < -0.39 is 0 Å². The number of hydrogen-bond acceptors (Lipinski definition) is 6. The van der Waals surface area contributed by atoms with Gasteiger partial charge in [0.1, 0.15) is 12.4 Å². The van der Waals surface area contributed by atoms with Crippen molar-refractivity contribution >= 4 is 28.9 Å². The number of ether oxygens (including phenoxy) is 1. The maximum absolute atomic E-state index is 12.4. The maximum atomic E-state index is 12.4. The fraction of sp³-hybridized carbons (Fsp3) is 0.500. The molecule has 1 amide bonds. The summed E-state index contributed by atoms with van der Waals surface area (Å²) in [6.07, 6.45) is 0. The van der Waals surface area contributed by atoms with E-state index in [-0.39, 0.29) is 17.5 Å². The average Bonchev–Trinajstić information content (AvgIpc) is 2.58. The zero-order chi connectivity index (χ0) is 18.1. The first-order chi connectivity index (χ1) is 11.4. The van der Waals surface area contributed by atoms with E-state index in [1.54, 1.807) is 6.92 Å². The quantitative estimate of drug-likeness (QED) is 0.272. The number of amides is 1. The number of hydrogen-bond donors (Lipinski definition) is 3. The van der Waals surface area contributed by atoms with Crippen molar-refractivity contribution in [3.8, 4) is 5.75 Å².